The Hall–Kier alpha value is 0. The Morgan fingerprint density at radius 3 is 2.20 bits per heavy atom. The molecule has 2 rings (SSSR count). The largest absolute Gasteiger partial charge is 0.349 e. The van der Waals surface area contributed by atoms with Crippen molar-refractivity contribution in [2.75, 3.05) is 33.7 Å². The first kappa shape index (κ1) is 18.1. The summed E-state index contributed by atoms with van der Waals surface area (Å²) in [7, 11) is 4.26. The fourth-order valence-electron chi connectivity index (χ4n) is 3.93. The fourth-order valence-corrected chi connectivity index (χ4v) is 3.93. The van der Waals surface area contributed by atoms with Crippen LogP contribution in [0.25, 0.3) is 0 Å². The van der Waals surface area contributed by atoms with Crippen LogP contribution in [0.4, 0.5) is 0 Å². The van der Waals surface area contributed by atoms with Crippen LogP contribution >= 0.6 is 24.0 Å². The molecule has 4 heteroatoms. The van der Waals surface area contributed by atoms with Gasteiger partial charge in [-0.2, -0.15) is 0 Å². The Kier molecular flexibility index (Phi) is 7.62. The summed E-state index contributed by atoms with van der Waals surface area (Å²) >= 11 is 0. The second-order valence-corrected chi connectivity index (χ2v) is 6.61. The third-order valence-electron chi connectivity index (χ3n) is 4.81. The minimum absolute atomic E-state index is 0. The molecule has 1 saturated heterocycles. The summed E-state index contributed by atoms with van der Waals surface area (Å²) in [6, 6.07) is 0. The fraction of sp³-hybridized carbons (Fsp3) is 0.938. The van der Waals surface area contributed by atoms with E-state index in [1.54, 1.807) is 0 Å². The zero-order valence-electron chi connectivity index (χ0n) is 13.5. The molecule has 118 valence electrons. The first-order valence-corrected chi connectivity index (χ1v) is 8.14. The molecule has 0 aromatic carbocycles. The highest BCUT2D eigenvalue weighted by Crippen LogP contribution is 2.42. The molecule has 0 bridgehead atoms. The number of nitrogens with zero attached hydrogens (tertiary/aromatic N) is 3. The van der Waals surface area contributed by atoms with E-state index in [2.05, 4.69) is 30.8 Å². The number of hydrogen-bond acceptors (Lipinski definition) is 1. The highest BCUT2D eigenvalue weighted by atomic mass is 127. The number of halogens is 1. The van der Waals surface area contributed by atoms with Gasteiger partial charge in [-0.25, -0.2) is 0 Å². The number of likely N-dealkylation sites (tertiary alicyclic amines) is 1. The first-order valence-electron chi connectivity index (χ1n) is 8.14. The van der Waals surface area contributed by atoms with Crippen molar-refractivity contribution in [2.24, 2.45) is 10.4 Å². The van der Waals surface area contributed by atoms with Crippen molar-refractivity contribution in [1.82, 2.24) is 9.80 Å². The van der Waals surface area contributed by atoms with Crippen molar-refractivity contribution < 1.29 is 0 Å². The van der Waals surface area contributed by atoms with Crippen LogP contribution < -0.4 is 0 Å². The van der Waals surface area contributed by atoms with Gasteiger partial charge >= 0.3 is 0 Å². The zero-order valence-corrected chi connectivity index (χ0v) is 15.9. The van der Waals surface area contributed by atoms with Crippen molar-refractivity contribution in [3.8, 4) is 0 Å². The molecule has 0 atom stereocenters. The van der Waals surface area contributed by atoms with E-state index in [0.29, 0.717) is 5.41 Å². The number of guanidine groups is 1. The topological polar surface area (TPSA) is 18.8 Å². The highest BCUT2D eigenvalue weighted by molar-refractivity contribution is 14.0. The van der Waals surface area contributed by atoms with Crippen LogP contribution in [0.15, 0.2) is 4.99 Å². The van der Waals surface area contributed by atoms with Crippen LogP contribution in [0.5, 0.6) is 0 Å². The number of hydrogen-bond donors (Lipinski definition) is 0. The summed E-state index contributed by atoms with van der Waals surface area (Å²) in [5.74, 6) is 1.20. The van der Waals surface area contributed by atoms with E-state index < -0.39 is 0 Å². The smallest absolute Gasteiger partial charge is 0.196 e. The predicted molar refractivity (Wildman–Crippen MR) is 98.0 cm³/mol. The van der Waals surface area contributed by atoms with Gasteiger partial charge in [0, 0.05) is 33.7 Å². The minimum atomic E-state index is 0. The minimum Gasteiger partial charge on any atom is -0.349 e. The maximum atomic E-state index is 4.72. The average molecular weight is 393 g/mol. The summed E-state index contributed by atoms with van der Waals surface area (Å²) in [4.78, 5) is 9.46. The molecule has 2 fully saturated rings. The van der Waals surface area contributed by atoms with E-state index in [4.69, 9.17) is 4.99 Å². The Morgan fingerprint density at radius 1 is 1.05 bits per heavy atom. The Balaban J connectivity index is 0.00000200. The molecule has 1 spiro atoms. The zero-order chi connectivity index (χ0) is 13.7. The van der Waals surface area contributed by atoms with E-state index in [1.165, 1.54) is 70.4 Å². The molecule has 20 heavy (non-hydrogen) atoms. The molecule has 0 aromatic rings. The van der Waals surface area contributed by atoms with Crippen molar-refractivity contribution in [2.45, 2.75) is 58.3 Å². The van der Waals surface area contributed by atoms with Crippen LogP contribution in [-0.4, -0.2) is 49.5 Å². The normalized spacial score (nSPS) is 23.1. The third kappa shape index (κ3) is 4.50. The van der Waals surface area contributed by atoms with Crippen LogP contribution in [0, 0.1) is 5.41 Å². The van der Waals surface area contributed by atoms with E-state index >= 15 is 0 Å². The maximum Gasteiger partial charge on any atom is 0.196 e. The quantitative estimate of drug-likeness (QED) is 0.381. The van der Waals surface area contributed by atoms with Crippen molar-refractivity contribution in [3.63, 3.8) is 0 Å². The molecule has 0 radical (unpaired) electrons. The van der Waals surface area contributed by atoms with E-state index in [9.17, 15) is 0 Å². The van der Waals surface area contributed by atoms with Crippen molar-refractivity contribution >= 4 is 29.9 Å². The molecule has 0 unspecified atom stereocenters. The summed E-state index contributed by atoms with van der Waals surface area (Å²) in [6.07, 6.45) is 11.4. The molecule has 0 aromatic heterocycles. The molecule has 3 nitrogen and oxygen atoms in total. The molecule has 2 aliphatic rings. The van der Waals surface area contributed by atoms with Gasteiger partial charge in [0.1, 0.15) is 0 Å². The van der Waals surface area contributed by atoms with Crippen LogP contribution in [0.1, 0.15) is 58.3 Å². The van der Waals surface area contributed by atoms with Gasteiger partial charge in [0.15, 0.2) is 5.96 Å². The van der Waals surface area contributed by atoms with Gasteiger partial charge in [0.25, 0.3) is 0 Å². The second kappa shape index (κ2) is 8.44. The first-order chi connectivity index (χ1) is 9.17. The molecular weight excluding hydrogens is 361 g/mol. The van der Waals surface area contributed by atoms with Gasteiger partial charge in [-0.15, -0.1) is 24.0 Å². The lowest BCUT2D eigenvalue weighted by atomic mass is 9.74. The lowest BCUT2D eigenvalue weighted by Crippen LogP contribution is -2.50. The van der Waals surface area contributed by atoms with Crippen LogP contribution in [0.2, 0.25) is 0 Å². The van der Waals surface area contributed by atoms with E-state index in [1.807, 2.05) is 0 Å². The molecule has 0 N–H and O–H groups in total. The summed E-state index contributed by atoms with van der Waals surface area (Å²) in [5, 5.41) is 0. The lowest BCUT2D eigenvalue weighted by Gasteiger charge is -2.45. The maximum absolute atomic E-state index is 4.72. The van der Waals surface area contributed by atoms with Gasteiger partial charge in [0.05, 0.1) is 0 Å². The summed E-state index contributed by atoms with van der Waals surface area (Å²) in [6.45, 7) is 5.45. The highest BCUT2D eigenvalue weighted by Gasteiger charge is 2.36. The summed E-state index contributed by atoms with van der Waals surface area (Å²) in [5.41, 5.74) is 0.596. The van der Waals surface area contributed by atoms with Gasteiger partial charge in [-0.05, 0) is 38.0 Å². The average Bonchev–Trinajstić information content (AvgIpc) is 2.61. The second-order valence-electron chi connectivity index (χ2n) is 6.61. The molecule has 1 aliphatic heterocycles. The standard InChI is InChI=1S/C16H31N3.HI/c1-4-17-15(18(2)3)19-13-9-12-16(14-19)10-7-5-6-8-11-16;/h4-14H2,1-3H3;1H. The Labute approximate surface area is 142 Å². The van der Waals surface area contributed by atoms with Crippen molar-refractivity contribution in [1.29, 1.82) is 0 Å². The molecule has 1 heterocycles. The monoisotopic (exact) mass is 393 g/mol. The lowest BCUT2D eigenvalue weighted by molar-refractivity contribution is 0.111. The van der Waals surface area contributed by atoms with Gasteiger partial charge in [0.2, 0.25) is 0 Å². The molecule has 1 saturated carbocycles. The number of rotatable bonds is 1. The molecule has 0 amide bonds. The summed E-state index contributed by atoms with van der Waals surface area (Å²) < 4.78 is 0. The van der Waals surface area contributed by atoms with Crippen LogP contribution in [-0.2, 0) is 0 Å². The Bertz CT molecular complexity index is 307. The Morgan fingerprint density at radius 2 is 1.65 bits per heavy atom. The third-order valence-corrected chi connectivity index (χ3v) is 4.81. The van der Waals surface area contributed by atoms with E-state index in [0.717, 1.165) is 6.54 Å². The van der Waals surface area contributed by atoms with Gasteiger partial charge in [-0.3, -0.25) is 4.99 Å². The number of piperidine rings is 1. The van der Waals surface area contributed by atoms with Crippen molar-refractivity contribution in [3.05, 3.63) is 0 Å². The van der Waals surface area contributed by atoms with E-state index in [-0.39, 0.29) is 24.0 Å². The predicted octanol–water partition coefficient (Wildman–Crippen LogP) is 3.98. The molecule has 1 aliphatic carbocycles. The SMILES string of the molecule is CCN=C(N(C)C)N1CCCC2(CCCCCC2)C1.I. The van der Waals surface area contributed by atoms with Crippen LogP contribution in [0.3, 0.4) is 0 Å². The number of aliphatic imine (C=N–C) groups is 1. The van der Waals surface area contributed by atoms with Gasteiger partial charge < -0.3 is 9.80 Å². The van der Waals surface area contributed by atoms with Gasteiger partial charge in [-0.1, -0.05) is 25.7 Å². The molecular formula is C16H32IN3.